The lowest BCUT2D eigenvalue weighted by molar-refractivity contribution is -0.0649. The number of hydrogen-bond acceptors (Lipinski definition) is 7. The van der Waals surface area contributed by atoms with Crippen LogP contribution < -0.4 is 25.1 Å². The average Bonchev–Trinajstić information content (AvgIpc) is 2.89. The number of rotatable bonds is 7. The summed E-state index contributed by atoms with van der Waals surface area (Å²) in [4.78, 5) is 30.7. The number of nitrogens with one attached hydrogen (secondary N) is 2. The molecular weight excluding hydrogens is 533 g/mol. The summed E-state index contributed by atoms with van der Waals surface area (Å²) in [5, 5.41) is 3.12. The zero-order valence-corrected chi connectivity index (χ0v) is 23.3. The maximum atomic E-state index is 13.1. The molecule has 38 heavy (non-hydrogen) atoms. The molecule has 0 unspecified atom stereocenters. The molecular formula is C27H33Cl2N3O6. The summed E-state index contributed by atoms with van der Waals surface area (Å²) in [5.41, 5.74) is 0.778. The number of likely N-dealkylation sites (tertiary alicyclic amines) is 1. The lowest BCUT2D eigenvalue weighted by Crippen LogP contribution is -2.57. The number of carbonyl (C=O) groups is 1. The number of amides is 1. The number of fused-ring (bicyclic) bond motifs is 1. The normalized spacial score (nSPS) is 23.6. The number of halogens is 2. The fourth-order valence-electron chi connectivity index (χ4n) is 5.63. The molecule has 2 aliphatic heterocycles. The monoisotopic (exact) mass is 565 g/mol. The molecule has 1 saturated carbocycles. The third-order valence-electron chi connectivity index (χ3n) is 7.90. The minimum atomic E-state index is -0.489. The van der Waals surface area contributed by atoms with Gasteiger partial charge in [0, 0.05) is 31.9 Å². The van der Waals surface area contributed by atoms with Crippen LogP contribution in [-0.2, 0) is 11.3 Å². The summed E-state index contributed by atoms with van der Waals surface area (Å²) >= 11 is 13.1. The quantitative estimate of drug-likeness (QED) is 0.523. The van der Waals surface area contributed by atoms with Crippen LogP contribution in [0.1, 0.15) is 47.3 Å². The van der Waals surface area contributed by atoms with E-state index in [-0.39, 0.29) is 33.8 Å². The summed E-state index contributed by atoms with van der Waals surface area (Å²) < 4.78 is 23.1. The van der Waals surface area contributed by atoms with Crippen molar-refractivity contribution < 1.29 is 23.7 Å². The summed E-state index contributed by atoms with van der Waals surface area (Å²) in [7, 11) is 3.24. The van der Waals surface area contributed by atoms with Gasteiger partial charge < -0.3 is 29.2 Å². The predicted octanol–water partition coefficient (Wildman–Crippen LogP) is 3.96. The highest BCUT2D eigenvalue weighted by Crippen LogP contribution is 2.47. The zero-order chi connectivity index (χ0) is 27.0. The Labute approximate surface area is 231 Å². The Morgan fingerprint density at radius 3 is 2.58 bits per heavy atom. The molecule has 0 bridgehead atoms. The highest BCUT2D eigenvalue weighted by atomic mass is 35.5. The predicted molar refractivity (Wildman–Crippen MR) is 144 cm³/mol. The van der Waals surface area contributed by atoms with Crippen molar-refractivity contribution >= 4 is 29.1 Å². The largest absolute Gasteiger partial charge is 0.496 e. The second-order valence-corrected chi connectivity index (χ2v) is 11.0. The fourth-order valence-corrected chi connectivity index (χ4v) is 6.15. The molecule has 1 aromatic carbocycles. The fraction of sp³-hybridized carbons (Fsp3) is 0.556. The van der Waals surface area contributed by atoms with Crippen molar-refractivity contribution in [3.8, 4) is 17.2 Å². The summed E-state index contributed by atoms with van der Waals surface area (Å²) in [6, 6.07) is 3.75. The second-order valence-electron chi connectivity index (χ2n) is 10.2. The highest BCUT2D eigenvalue weighted by Gasteiger charge is 2.39. The number of nitrogens with zero attached hydrogens (tertiary/aromatic N) is 1. The smallest absolute Gasteiger partial charge is 0.256 e. The maximum Gasteiger partial charge on any atom is 0.256 e. The molecule has 11 heteroatoms. The van der Waals surface area contributed by atoms with E-state index < -0.39 is 5.91 Å². The first-order valence-electron chi connectivity index (χ1n) is 12.9. The number of carbonyl (C=O) groups excluding carboxylic acids is 1. The first-order valence-corrected chi connectivity index (χ1v) is 13.7. The van der Waals surface area contributed by atoms with Gasteiger partial charge in [-0.3, -0.25) is 14.5 Å². The van der Waals surface area contributed by atoms with Gasteiger partial charge in [0.25, 0.3) is 11.5 Å². The molecule has 1 aromatic heterocycles. The van der Waals surface area contributed by atoms with Crippen LogP contribution in [0.3, 0.4) is 0 Å². The van der Waals surface area contributed by atoms with E-state index in [9.17, 15) is 9.59 Å². The van der Waals surface area contributed by atoms with Crippen molar-refractivity contribution in [3.63, 3.8) is 0 Å². The SMILES string of the molecule is COc1cc(C)[nH]c(=O)c1CNC(=O)c1cc(Cl)c2c(c1Cl)O[C@@H](C1CCC(N3CC(OC)C3)CC1)CO2. The molecule has 3 aliphatic rings. The van der Waals surface area contributed by atoms with Gasteiger partial charge in [0.1, 0.15) is 18.5 Å². The van der Waals surface area contributed by atoms with Gasteiger partial charge >= 0.3 is 0 Å². The molecule has 206 valence electrons. The number of aromatic amines is 1. The molecule has 1 saturated heterocycles. The Kier molecular flexibility index (Phi) is 8.09. The van der Waals surface area contributed by atoms with Crippen LogP contribution in [0.25, 0.3) is 0 Å². The van der Waals surface area contributed by atoms with E-state index in [1.165, 1.54) is 13.2 Å². The zero-order valence-electron chi connectivity index (χ0n) is 21.8. The van der Waals surface area contributed by atoms with E-state index in [0.717, 1.165) is 38.8 Å². The minimum Gasteiger partial charge on any atom is -0.496 e. The Morgan fingerprint density at radius 2 is 1.89 bits per heavy atom. The summed E-state index contributed by atoms with van der Waals surface area (Å²) in [6.45, 7) is 4.10. The van der Waals surface area contributed by atoms with Gasteiger partial charge in [-0.2, -0.15) is 0 Å². The van der Waals surface area contributed by atoms with Crippen molar-refractivity contribution in [2.45, 2.75) is 57.4 Å². The first kappa shape index (κ1) is 27.1. The standard InChI is InChI=1S/C27H33Cl2N3O6/c1-14-8-21(36-3)19(27(34)31-14)10-30-26(33)18-9-20(28)24-25(23(18)29)38-22(13-37-24)15-4-6-16(7-5-15)32-11-17(12-32)35-2/h8-9,15-17,22H,4-7,10-13H2,1-3H3,(H,30,33)(H,31,34)/t15?,16?,22-/m1/s1. The van der Waals surface area contributed by atoms with E-state index in [1.807, 2.05) is 0 Å². The van der Waals surface area contributed by atoms with Crippen LogP contribution in [-0.4, -0.2) is 68.0 Å². The van der Waals surface area contributed by atoms with Gasteiger partial charge in [-0.1, -0.05) is 23.2 Å². The number of hydrogen-bond donors (Lipinski definition) is 2. The number of H-pyrrole nitrogens is 1. The summed E-state index contributed by atoms with van der Waals surface area (Å²) in [5.74, 6) is 0.868. The lowest BCUT2D eigenvalue weighted by atomic mass is 9.81. The van der Waals surface area contributed by atoms with E-state index in [2.05, 4.69) is 15.2 Å². The number of aryl methyl sites for hydroxylation is 1. The topological polar surface area (TPSA) is 102 Å². The van der Waals surface area contributed by atoms with Gasteiger partial charge in [0.15, 0.2) is 11.5 Å². The maximum absolute atomic E-state index is 13.1. The van der Waals surface area contributed by atoms with Crippen LogP contribution in [0.4, 0.5) is 0 Å². The number of ether oxygens (including phenoxy) is 4. The third kappa shape index (κ3) is 5.34. The third-order valence-corrected chi connectivity index (χ3v) is 8.56. The van der Waals surface area contributed by atoms with Gasteiger partial charge in [0.2, 0.25) is 0 Å². The van der Waals surface area contributed by atoms with E-state index in [1.54, 1.807) is 20.1 Å². The highest BCUT2D eigenvalue weighted by molar-refractivity contribution is 6.38. The van der Waals surface area contributed by atoms with E-state index in [4.69, 9.17) is 42.1 Å². The molecule has 2 N–H and O–H groups in total. The second kappa shape index (κ2) is 11.3. The molecule has 0 spiro atoms. The molecule has 1 amide bonds. The molecule has 1 atom stereocenters. The van der Waals surface area contributed by atoms with Gasteiger partial charge in [-0.05, 0) is 50.7 Å². The van der Waals surface area contributed by atoms with Crippen LogP contribution in [0.2, 0.25) is 10.0 Å². The number of aromatic nitrogens is 1. The molecule has 1 aliphatic carbocycles. The number of pyridine rings is 1. The number of methoxy groups -OCH3 is 2. The summed E-state index contributed by atoms with van der Waals surface area (Å²) in [6.07, 6.45) is 4.45. The first-order chi connectivity index (χ1) is 18.3. The van der Waals surface area contributed by atoms with Gasteiger partial charge in [-0.25, -0.2) is 0 Å². The Bertz CT molecular complexity index is 1250. The number of benzene rings is 1. The van der Waals surface area contributed by atoms with Crippen LogP contribution in [0, 0.1) is 12.8 Å². The van der Waals surface area contributed by atoms with Crippen molar-refractivity contribution in [2.24, 2.45) is 5.92 Å². The van der Waals surface area contributed by atoms with Crippen molar-refractivity contribution in [2.75, 3.05) is 33.9 Å². The van der Waals surface area contributed by atoms with Crippen molar-refractivity contribution in [3.05, 3.63) is 49.4 Å². The van der Waals surface area contributed by atoms with E-state index >= 15 is 0 Å². The van der Waals surface area contributed by atoms with Gasteiger partial charge in [-0.15, -0.1) is 0 Å². The average molecular weight is 566 g/mol. The Hall–Kier alpha value is -2.46. The minimum absolute atomic E-state index is 0.0476. The Morgan fingerprint density at radius 1 is 1.16 bits per heavy atom. The molecule has 5 rings (SSSR count). The molecule has 2 fully saturated rings. The molecule has 3 heterocycles. The lowest BCUT2D eigenvalue weighted by Gasteiger charge is -2.46. The molecule has 0 radical (unpaired) electrons. The van der Waals surface area contributed by atoms with Crippen LogP contribution >= 0.6 is 23.2 Å². The van der Waals surface area contributed by atoms with Crippen LogP contribution in [0.5, 0.6) is 17.2 Å². The molecule has 9 nitrogen and oxygen atoms in total. The van der Waals surface area contributed by atoms with Crippen molar-refractivity contribution in [1.29, 1.82) is 0 Å². The van der Waals surface area contributed by atoms with E-state index in [0.29, 0.717) is 53.2 Å². The van der Waals surface area contributed by atoms with Crippen molar-refractivity contribution in [1.82, 2.24) is 15.2 Å². The van der Waals surface area contributed by atoms with Gasteiger partial charge in [0.05, 0.1) is 40.9 Å². The van der Waals surface area contributed by atoms with Crippen LogP contribution in [0.15, 0.2) is 16.9 Å². The Balaban J connectivity index is 1.26. The molecule has 2 aromatic rings.